The van der Waals surface area contributed by atoms with E-state index in [0.717, 1.165) is 77.0 Å². The van der Waals surface area contributed by atoms with E-state index in [1.807, 2.05) is 6.08 Å². The molecule has 0 radical (unpaired) electrons. The summed E-state index contributed by atoms with van der Waals surface area (Å²) in [5.74, 6) is -1.22. The molecule has 8 atom stereocenters. The van der Waals surface area contributed by atoms with Crippen molar-refractivity contribution in [3.63, 3.8) is 0 Å². The summed E-state index contributed by atoms with van der Waals surface area (Å²) in [6.45, 7) is 5.78. The van der Waals surface area contributed by atoms with E-state index < -0.39 is 67.4 Å². The van der Waals surface area contributed by atoms with Gasteiger partial charge in [-0.1, -0.05) is 313 Å². The Kier molecular flexibility index (Phi) is 57.3. The number of amides is 1. The summed E-state index contributed by atoms with van der Waals surface area (Å²) >= 11 is 0. The van der Waals surface area contributed by atoms with Crippen LogP contribution in [0, 0.1) is 0 Å². The SMILES string of the molecule is CCCCC/C=C\C/C=C\C/C=C\C/C=C\CCCCCC(=O)OC1C(OCC(NC(=O)C(O)CCCCCCCCCCCCCCCCCCCCCCCCCC)C(O)/C=C/CCCCCCCCCCCC)OC(CO)C(O)C1O. The maximum Gasteiger partial charge on any atom is 0.306 e. The van der Waals surface area contributed by atoms with Gasteiger partial charge < -0.3 is 45.1 Å². The lowest BCUT2D eigenvalue weighted by Gasteiger charge is -2.41. The van der Waals surface area contributed by atoms with Gasteiger partial charge in [-0.05, 0) is 70.6 Å². The Hall–Kier alpha value is -2.64. The fourth-order valence-corrected chi connectivity index (χ4v) is 11.0. The molecule has 1 aliphatic heterocycles. The molecule has 1 aliphatic rings. The summed E-state index contributed by atoms with van der Waals surface area (Å²) in [5.41, 5.74) is 0. The van der Waals surface area contributed by atoms with E-state index in [1.165, 1.54) is 205 Å². The zero-order valence-corrected chi connectivity index (χ0v) is 54.5. The Morgan fingerprint density at radius 1 is 0.464 bits per heavy atom. The van der Waals surface area contributed by atoms with Crippen LogP contribution in [0.1, 0.15) is 329 Å². The highest BCUT2D eigenvalue weighted by atomic mass is 16.7. The Labute approximate surface area is 516 Å². The van der Waals surface area contributed by atoms with Gasteiger partial charge in [-0.2, -0.15) is 0 Å². The largest absolute Gasteiger partial charge is 0.454 e. The van der Waals surface area contributed by atoms with Crippen LogP contribution in [0.15, 0.2) is 60.8 Å². The van der Waals surface area contributed by atoms with Gasteiger partial charge in [0.05, 0.1) is 25.4 Å². The van der Waals surface area contributed by atoms with Crippen LogP contribution in [0.3, 0.4) is 0 Å². The molecule has 1 heterocycles. The van der Waals surface area contributed by atoms with Crippen LogP contribution in [0.2, 0.25) is 0 Å². The number of rotatable bonds is 61. The smallest absolute Gasteiger partial charge is 0.306 e. The maximum absolute atomic E-state index is 13.5. The summed E-state index contributed by atoms with van der Waals surface area (Å²) in [5, 5.41) is 57.2. The molecule has 11 nitrogen and oxygen atoms in total. The number of hydrogen-bond acceptors (Lipinski definition) is 10. The van der Waals surface area contributed by atoms with Crippen LogP contribution < -0.4 is 5.32 Å². The number of allylic oxidation sites excluding steroid dienone is 9. The van der Waals surface area contributed by atoms with Crippen molar-refractivity contribution < 1.29 is 49.3 Å². The minimum absolute atomic E-state index is 0.0862. The first kappa shape index (κ1) is 79.4. The maximum atomic E-state index is 13.5. The quantitative estimate of drug-likeness (QED) is 0.0195. The Bertz CT molecular complexity index is 1600. The van der Waals surface area contributed by atoms with Gasteiger partial charge in [0.25, 0.3) is 0 Å². The number of unbranched alkanes of at least 4 members (excludes halogenated alkanes) is 39. The molecule has 0 aromatic heterocycles. The van der Waals surface area contributed by atoms with Crippen LogP contribution in [-0.2, 0) is 23.8 Å². The molecule has 0 aliphatic carbocycles. The molecule has 490 valence electrons. The molecule has 6 N–H and O–H groups in total. The summed E-state index contributed by atoms with van der Waals surface area (Å²) in [6.07, 6.45) is 67.0. The van der Waals surface area contributed by atoms with Gasteiger partial charge >= 0.3 is 5.97 Å². The highest BCUT2D eigenvalue weighted by molar-refractivity contribution is 5.80. The van der Waals surface area contributed by atoms with Crippen LogP contribution >= 0.6 is 0 Å². The van der Waals surface area contributed by atoms with Crippen molar-refractivity contribution in [3.8, 4) is 0 Å². The second kappa shape index (κ2) is 60.6. The van der Waals surface area contributed by atoms with Crippen LogP contribution in [0.5, 0.6) is 0 Å². The number of carbonyl (C=O) groups is 2. The zero-order chi connectivity index (χ0) is 61.0. The number of ether oxygens (including phenoxy) is 3. The molecule has 0 spiro atoms. The van der Waals surface area contributed by atoms with E-state index in [9.17, 15) is 35.1 Å². The Morgan fingerprint density at radius 3 is 1.25 bits per heavy atom. The molecule has 0 aromatic carbocycles. The number of aliphatic hydroxyl groups is 5. The first-order valence-electron chi connectivity index (χ1n) is 35.6. The standard InChI is InChI=1S/C73H133NO10/c1-4-7-10-13-16-19-22-25-27-29-31-32-33-34-35-37-38-40-42-45-48-51-54-57-60-66(77)72(81)74-64(65(76)59-56-53-50-47-44-24-21-18-15-12-9-6-3)63-82-73-71(70(80)69(79)67(62-75)83-73)84-68(78)61-58-55-52-49-46-43-41-39-36-30-28-26-23-20-17-14-11-8-5-2/h17,20,26,28,36,39,43,46,56,59,64-67,69-71,73,75-77,79-80H,4-16,18-19,21-25,27,29-35,37-38,40-42,44-45,47-55,57-58,60-63H2,1-3H3,(H,74,81)/b20-17-,28-26-,39-36-,46-43-,59-56+. The predicted octanol–water partition coefficient (Wildman–Crippen LogP) is 18.1. The van der Waals surface area contributed by atoms with E-state index in [-0.39, 0.29) is 13.0 Å². The van der Waals surface area contributed by atoms with Crippen molar-refractivity contribution in [2.75, 3.05) is 13.2 Å². The van der Waals surface area contributed by atoms with Gasteiger partial charge in [0.1, 0.15) is 24.4 Å². The van der Waals surface area contributed by atoms with Crippen molar-refractivity contribution in [3.05, 3.63) is 60.8 Å². The third-order valence-corrected chi connectivity index (χ3v) is 16.7. The van der Waals surface area contributed by atoms with Crippen LogP contribution in [0.4, 0.5) is 0 Å². The lowest BCUT2D eigenvalue weighted by molar-refractivity contribution is -0.305. The molecular formula is C73H133NO10. The molecule has 0 aromatic rings. The topological polar surface area (TPSA) is 175 Å². The molecule has 1 saturated heterocycles. The minimum Gasteiger partial charge on any atom is -0.454 e. The monoisotopic (exact) mass is 1180 g/mol. The summed E-state index contributed by atoms with van der Waals surface area (Å²) in [6, 6.07) is -1.03. The Morgan fingerprint density at radius 2 is 0.821 bits per heavy atom. The molecule has 1 fully saturated rings. The molecule has 1 rings (SSSR count). The van der Waals surface area contributed by atoms with Crippen molar-refractivity contribution in [2.24, 2.45) is 0 Å². The number of aliphatic hydroxyl groups excluding tert-OH is 5. The van der Waals surface area contributed by atoms with Crippen LogP contribution in [-0.4, -0.2) is 99.6 Å². The normalized spacial score (nSPS) is 18.8. The molecule has 0 saturated carbocycles. The van der Waals surface area contributed by atoms with E-state index in [0.29, 0.717) is 19.3 Å². The fourth-order valence-electron chi connectivity index (χ4n) is 11.0. The molecular weight excluding hydrogens is 1050 g/mol. The molecule has 84 heavy (non-hydrogen) atoms. The zero-order valence-electron chi connectivity index (χ0n) is 54.5. The highest BCUT2D eigenvalue weighted by Crippen LogP contribution is 2.26. The van der Waals surface area contributed by atoms with Gasteiger partial charge in [0.2, 0.25) is 5.91 Å². The molecule has 11 heteroatoms. The lowest BCUT2D eigenvalue weighted by Crippen LogP contribution is -2.61. The third-order valence-electron chi connectivity index (χ3n) is 16.7. The summed E-state index contributed by atoms with van der Waals surface area (Å²) < 4.78 is 17.7. The lowest BCUT2D eigenvalue weighted by atomic mass is 9.99. The fraction of sp³-hybridized carbons (Fsp3) is 0.836. The first-order chi connectivity index (χ1) is 41.2. The minimum atomic E-state index is -1.63. The molecule has 0 bridgehead atoms. The Balaban J connectivity index is 2.59. The van der Waals surface area contributed by atoms with Crippen molar-refractivity contribution >= 4 is 11.9 Å². The third kappa shape index (κ3) is 47.4. The molecule has 8 unspecified atom stereocenters. The van der Waals surface area contributed by atoms with Gasteiger partial charge in [-0.3, -0.25) is 9.59 Å². The average molecular weight is 1180 g/mol. The number of nitrogens with one attached hydrogen (secondary N) is 1. The number of hydrogen-bond donors (Lipinski definition) is 6. The van der Waals surface area contributed by atoms with Gasteiger partial charge in [0, 0.05) is 6.42 Å². The van der Waals surface area contributed by atoms with Crippen molar-refractivity contribution in [2.45, 2.75) is 378 Å². The van der Waals surface area contributed by atoms with Crippen molar-refractivity contribution in [1.82, 2.24) is 5.32 Å². The van der Waals surface area contributed by atoms with E-state index in [1.54, 1.807) is 6.08 Å². The molecule has 1 amide bonds. The van der Waals surface area contributed by atoms with E-state index >= 15 is 0 Å². The van der Waals surface area contributed by atoms with E-state index in [4.69, 9.17) is 14.2 Å². The van der Waals surface area contributed by atoms with E-state index in [2.05, 4.69) is 74.7 Å². The second-order valence-corrected chi connectivity index (χ2v) is 24.6. The number of esters is 1. The summed E-state index contributed by atoms with van der Waals surface area (Å²) in [7, 11) is 0. The second-order valence-electron chi connectivity index (χ2n) is 24.6. The van der Waals surface area contributed by atoms with Gasteiger partial charge in [0.15, 0.2) is 12.4 Å². The van der Waals surface area contributed by atoms with Gasteiger partial charge in [-0.25, -0.2) is 0 Å². The van der Waals surface area contributed by atoms with Crippen molar-refractivity contribution in [1.29, 1.82) is 0 Å². The summed E-state index contributed by atoms with van der Waals surface area (Å²) in [4.78, 5) is 26.6. The highest BCUT2D eigenvalue weighted by Gasteiger charge is 2.47. The average Bonchev–Trinajstić information content (AvgIpc) is 3.69. The van der Waals surface area contributed by atoms with Gasteiger partial charge in [-0.15, -0.1) is 0 Å². The predicted molar refractivity (Wildman–Crippen MR) is 352 cm³/mol. The number of carbonyl (C=O) groups excluding carboxylic acids is 2. The van der Waals surface area contributed by atoms with Crippen LogP contribution in [0.25, 0.3) is 0 Å². The first-order valence-corrected chi connectivity index (χ1v) is 35.6.